The zero-order chi connectivity index (χ0) is 30.1. The third kappa shape index (κ3) is 5.27. The molecule has 0 N–H and O–H groups in total. The number of piperazine rings is 1. The Hall–Kier alpha value is -3.88. The van der Waals surface area contributed by atoms with Gasteiger partial charge in [0, 0.05) is 28.7 Å². The number of thioether (sulfide) groups is 1. The molecule has 2 aromatic rings. The minimum Gasteiger partial charge on any atom is -0.468 e. The van der Waals surface area contributed by atoms with Crippen molar-refractivity contribution in [2.24, 2.45) is 4.99 Å². The summed E-state index contributed by atoms with van der Waals surface area (Å²) in [4.78, 5) is 34.6. The number of ether oxygens (including phenoxy) is 6. The fraction of sp³-hybridized carbons (Fsp3) is 0.414. The highest BCUT2D eigenvalue weighted by molar-refractivity contribution is 7.98. The highest BCUT2D eigenvalue weighted by Crippen LogP contribution is 2.48. The summed E-state index contributed by atoms with van der Waals surface area (Å²) in [6.45, 7) is -0.0889. The predicted molar refractivity (Wildman–Crippen MR) is 148 cm³/mol. The standard InChI is InChI=1S/C29H29F2N3O8S/c1-37-28-32-14-40-12-21(41-15-42-29(36)38-2)26-27(35)33-9-10-39-11-20(33)25(34(26)28)23-16-7-8-19(30)24(31)18(16)13-43-22-6-4-3-5-17(22)23/h3-8,20,23,25H,9-15H2,1-2H3/b26-21+,32-28+. The normalized spacial score (nSPS) is 26.3. The minimum atomic E-state index is -0.965. The third-order valence-electron chi connectivity index (χ3n) is 7.85. The van der Waals surface area contributed by atoms with Crippen LogP contribution in [-0.4, -0.2) is 94.1 Å². The first-order chi connectivity index (χ1) is 20.9. The Bertz CT molecular complexity index is 1490. The van der Waals surface area contributed by atoms with Gasteiger partial charge in [-0.3, -0.25) is 9.69 Å². The molecule has 14 heteroatoms. The van der Waals surface area contributed by atoms with Crippen molar-refractivity contribution >= 4 is 29.8 Å². The van der Waals surface area contributed by atoms with Gasteiger partial charge in [-0.1, -0.05) is 24.3 Å². The molecule has 6 rings (SSSR count). The second-order valence-electron chi connectivity index (χ2n) is 9.99. The topological polar surface area (TPSA) is 108 Å². The molecule has 1 amide bonds. The van der Waals surface area contributed by atoms with Gasteiger partial charge in [0.25, 0.3) is 11.9 Å². The number of amidine groups is 1. The van der Waals surface area contributed by atoms with E-state index >= 15 is 4.39 Å². The van der Waals surface area contributed by atoms with Gasteiger partial charge in [-0.15, -0.1) is 11.8 Å². The van der Waals surface area contributed by atoms with E-state index in [-0.39, 0.29) is 55.3 Å². The second-order valence-corrected chi connectivity index (χ2v) is 11.0. The van der Waals surface area contributed by atoms with Crippen LogP contribution in [0.5, 0.6) is 0 Å². The lowest BCUT2D eigenvalue weighted by atomic mass is 9.77. The average molecular weight is 618 g/mol. The zero-order valence-corrected chi connectivity index (χ0v) is 24.2. The minimum absolute atomic E-state index is 0.0618. The lowest BCUT2D eigenvalue weighted by Gasteiger charge is -2.53. The van der Waals surface area contributed by atoms with Gasteiger partial charge < -0.3 is 33.3 Å². The van der Waals surface area contributed by atoms with Crippen LogP contribution < -0.4 is 0 Å². The van der Waals surface area contributed by atoms with Crippen molar-refractivity contribution in [3.63, 3.8) is 0 Å². The molecular formula is C29H29F2N3O8S. The van der Waals surface area contributed by atoms with Gasteiger partial charge >= 0.3 is 6.16 Å². The maximum atomic E-state index is 15.5. The first-order valence-electron chi connectivity index (χ1n) is 13.5. The summed E-state index contributed by atoms with van der Waals surface area (Å²) in [6.07, 6.45) is -0.965. The Morgan fingerprint density at radius 2 is 1.98 bits per heavy atom. The van der Waals surface area contributed by atoms with Crippen LogP contribution in [0.3, 0.4) is 0 Å². The molecule has 0 saturated carbocycles. The molecule has 0 aliphatic carbocycles. The quantitative estimate of drug-likeness (QED) is 0.373. The SMILES string of the molecule is COC(=O)OCO/C1=C2\C(=O)N3CCOCC3C(C3c4ccccc4SCc4c3ccc(F)c4F)N2/C(OC)=N\COC1. The van der Waals surface area contributed by atoms with Crippen LogP contribution in [0.1, 0.15) is 22.6 Å². The number of hydrogen-bond acceptors (Lipinski definition) is 11. The molecule has 3 atom stereocenters. The number of carbonyl (C=O) groups excluding carboxylic acids is 2. The van der Waals surface area contributed by atoms with Gasteiger partial charge in [-0.05, 0) is 23.3 Å². The number of halogens is 2. The molecule has 0 bridgehead atoms. The number of morpholine rings is 1. The smallest absolute Gasteiger partial charge is 0.468 e. The largest absolute Gasteiger partial charge is 0.510 e. The van der Waals surface area contributed by atoms with Crippen LogP contribution in [0, 0.1) is 11.6 Å². The highest BCUT2D eigenvalue weighted by atomic mass is 32.2. The summed E-state index contributed by atoms with van der Waals surface area (Å²) in [5, 5.41) is 0. The Morgan fingerprint density at radius 3 is 2.79 bits per heavy atom. The number of nitrogens with zero attached hydrogens (tertiary/aromatic N) is 3. The summed E-state index contributed by atoms with van der Waals surface area (Å²) in [6, 6.07) is 9.26. The molecule has 3 unspecified atom stereocenters. The number of methoxy groups -OCH3 is 2. The Balaban J connectivity index is 1.59. The van der Waals surface area contributed by atoms with Crippen LogP contribution in [-0.2, 0) is 39.0 Å². The molecular weight excluding hydrogens is 588 g/mol. The number of rotatable bonds is 4. The number of amides is 1. The summed E-state index contributed by atoms with van der Waals surface area (Å²) < 4.78 is 62.7. The first kappa shape index (κ1) is 29.2. The van der Waals surface area contributed by atoms with Crippen LogP contribution in [0.4, 0.5) is 13.6 Å². The first-order valence-corrected chi connectivity index (χ1v) is 14.5. The van der Waals surface area contributed by atoms with Crippen LogP contribution in [0.2, 0.25) is 0 Å². The van der Waals surface area contributed by atoms with E-state index in [9.17, 15) is 14.0 Å². The number of aliphatic imine (C=N–C) groups is 1. The molecule has 11 nitrogen and oxygen atoms in total. The van der Waals surface area contributed by atoms with E-state index in [0.29, 0.717) is 12.2 Å². The van der Waals surface area contributed by atoms with E-state index in [4.69, 9.17) is 23.7 Å². The monoisotopic (exact) mass is 617 g/mol. The highest BCUT2D eigenvalue weighted by Gasteiger charge is 2.53. The zero-order valence-electron chi connectivity index (χ0n) is 23.4. The molecule has 43 heavy (non-hydrogen) atoms. The van der Waals surface area contributed by atoms with Gasteiger partial charge in [0.15, 0.2) is 23.1 Å². The number of benzene rings is 2. The molecule has 2 aromatic carbocycles. The van der Waals surface area contributed by atoms with Gasteiger partial charge in [-0.25, -0.2) is 18.6 Å². The lowest BCUT2D eigenvalue weighted by Crippen LogP contribution is -2.68. The van der Waals surface area contributed by atoms with Gasteiger partial charge in [0.1, 0.15) is 13.3 Å². The number of carbonyl (C=O) groups is 2. The summed E-state index contributed by atoms with van der Waals surface area (Å²) in [5.74, 6) is -2.54. The molecule has 2 fully saturated rings. The number of hydrogen-bond donors (Lipinski definition) is 0. The third-order valence-corrected chi connectivity index (χ3v) is 8.97. The van der Waals surface area contributed by atoms with Crippen molar-refractivity contribution in [1.82, 2.24) is 9.80 Å². The van der Waals surface area contributed by atoms with Crippen molar-refractivity contribution in [3.8, 4) is 0 Å². The van der Waals surface area contributed by atoms with Crippen LogP contribution >= 0.6 is 11.8 Å². The molecule has 4 aliphatic rings. The van der Waals surface area contributed by atoms with E-state index in [1.54, 1.807) is 15.9 Å². The van der Waals surface area contributed by atoms with Crippen molar-refractivity contribution in [2.45, 2.75) is 28.6 Å². The maximum absolute atomic E-state index is 15.5. The van der Waals surface area contributed by atoms with Gasteiger partial charge in [0.2, 0.25) is 6.79 Å². The van der Waals surface area contributed by atoms with Crippen molar-refractivity contribution in [2.75, 3.05) is 54.1 Å². The Kier molecular flexibility index (Phi) is 8.41. The van der Waals surface area contributed by atoms with Crippen molar-refractivity contribution in [3.05, 3.63) is 76.2 Å². The van der Waals surface area contributed by atoms with Crippen LogP contribution in [0.15, 0.2) is 57.7 Å². The number of fused-ring (bicyclic) bond motifs is 4. The molecule has 228 valence electrons. The maximum Gasteiger partial charge on any atom is 0.510 e. The van der Waals surface area contributed by atoms with Crippen LogP contribution in [0.25, 0.3) is 0 Å². The summed E-state index contributed by atoms with van der Waals surface area (Å²) in [5.41, 5.74) is 1.75. The summed E-state index contributed by atoms with van der Waals surface area (Å²) in [7, 11) is 2.58. The van der Waals surface area contributed by atoms with E-state index in [1.807, 2.05) is 24.3 Å². The second kappa shape index (κ2) is 12.4. The Morgan fingerprint density at radius 1 is 1.14 bits per heavy atom. The lowest BCUT2D eigenvalue weighted by molar-refractivity contribution is -0.147. The van der Waals surface area contributed by atoms with Gasteiger partial charge in [-0.2, -0.15) is 0 Å². The summed E-state index contributed by atoms with van der Waals surface area (Å²) >= 11 is 1.42. The Labute approximate surface area is 250 Å². The van der Waals surface area contributed by atoms with E-state index in [2.05, 4.69) is 9.73 Å². The van der Waals surface area contributed by atoms with Gasteiger partial charge in [0.05, 0.1) is 39.5 Å². The molecule has 4 heterocycles. The fourth-order valence-corrected chi connectivity index (χ4v) is 7.16. The van der Waals surface area contributed by atoms with E-state index < -0.39 is 48.5 Å². The van der Waals surface area contributed by atoms with Crippen molar-refractivity contribution in [1.29, 1.82) is 0 Å². The van der Waals surface area contributed by atoms with Crippen molar-refractivity contribution < 1.29 is 46.8 Å². The molecule has 0 radical (unpaired) electrons. The molecule has 0 spiro atoms. The fourth-order valence-electron chi connectivity index (χ4n) is 6.03. The predicted octanol–water partition coefficient (Wildman–Crippen LogP) is 3.57. The van der Waals surface area contributed by atoms with E-state index in [0.717, 1.165) is 23.6 Å². The van der Waals surface area contributed by atoms with E-state index in [1.165, 1.54) is 18.9 Å². The average Bonchev–Trinajstić information content (AvgIpc) is 3.18. The molecule has 0 aromatic heterocycles. The molecule has 4 aliphatic heterocycles. The molecule has 2 saturated heterocycles.